The molecule has 3 aromatic rings. The number of hydrogen-bond acceptors (Lipinski definition) is 7. The highest BCUT2D eigenvalue weighted by atomic mass is 32.1. The van der Waals surface area contributed by atoms with Crippen molar-refractivity contribution in [1.82, 2.24) is 9.97 Å². The Hall–Kier alpha value is -2.19. The molecule has 0 saturated carbocycles. The van der Waals surface area contributed by atoms with Crippen LogP contribution in [0.1, 0.15) is 17.7 Å². The average Bonchev–Trinajstić information content (AvgIpc) is 3.20. The van der Waals surface area contributed by atoms with Gasteiger partial charge in [-0.15, -0.1) is 11.3 Å². The number of halogens is 1. The van der Waals surface area contributed by atoms with Gasteiger partial charge in [-0.25, -0.2) is 9.97 Å². The number of nitrogens with one attached hydrogen (secondary N) is 1. The molecule has 24 heavy (non-hydrogen) atoms. The number of rotatable bonds is 6. The second-order valence-electron chi connectivity index (χ2n) is 4.84. The van der Waals surface area contributed by atoms with Crippen LogP contribution in [0.2, 0.25) is 0 Å². The van der Waals surface area contributed by atoms with Gasteiger partial charge in [-0.05, 0) is 25.5 Å². The first-order valence-electron chi connectivity index (χ1n) is 7.38. The van der Waals surface area contributed by atoms with Gasteiger partial charge in [-0.2, -0.15) is 0 Å². The second kappa shape index (κ2) is 8.60. The summed E-state index contributed by atoms with van der Waals surface area (Å²) >= 11 is 1.63. The highest BCUT2D eigenvalue weighted by Gasteiger charge is 2.09. The van der Waals surface area contributed by atoms with Crippen LogP contribution in [0, 0.1) is 0 Å². The standard InChI is InChI=1S/C15H17N3O3S.CH3F/c1-9(19)20-10-3-5-12-13(7-10)21-14(18-12)6-4-11-8-17-15(16-2)22-11;1-2/h3,5,7-9,19H,4,6H2,1-2H3,(H,16,17);1H3. The maximum Gasteiger partial charge on any atom is 0.195 e. The van der Waals surface area contributed by atoms with Crippen LogP contribution in [-0.2, 0) is 12.8 Å². The molecule has 2 heterocycles. The summed E-state index contributed by atoms with van der Waals surface area (Å²) in [5.41, 5.74) is 1.45. The maximum absolute atomic E-state index is 9.50. The number of oxazole rings is 1. The molecule has 0 aliphatic rings. The summed E-state index contributed by atoms with van der Waals surface area (Å²) in [6.07, 6.45) is 2.57. The van der Waals surface area contributed by atoms with E-state index in [4.69, 9.17) is 9.15 Å². The number of ether oxygens (including phenoxy) is 1. The lowest BCUT2D eigenvalue weighted by Gasteiger charge is -2.07. The van der Waals surface area contributed by atoms with E-state index in [0.717, 1.165) is 17.1 Å². The van der Waals surface area contributed by atoms with E-state index in [9.17, 15) is 9.50 Å². The summed E-state index contributed by atoms with van der Waals surface area (Å²) in [5, 5.41) is 13.2. The first-order chi connectivity index (χ1) is 11.6. The van der Waals surface area contributed by atoms with E-state index in [1.807, 2.05) is 19.3 Å². The number of aliphatic hydroxyl groups excluding tert-OH is 1. The molecule has 6 nitrogen and oxygen atoms in total. The molecule has 1 unspecified atom stereocenters. The number of alkyl halides is 1. The zero-order valence-corrected chi connectivity index (χ0v) is 14.6. The van der Waals surface area contributed by atoms with Gasteiger partial charge >= 0.3 is 0 Å². The third kappa shape index (κ3) is 4.65. The predicted octanol–water partition coefficient (Wildman–Crippen LogP) is 3.41. The molecule has 1 aromatic carbocycles. The topological polar surface area (TPSA) is 80.4 Å². The molecule has 3 rings (SSSR count). The Bertz CT molecular complexity index is 773. The smallest absolute Gasteiger partial charge is 0.195 e. The Kier molecular flexibility index (Phi) is 6.51. The monoisotopic (exact) mass is 353 g/mol. The Labute approximate surface area is 143 Å². The van der Waals surface area contributed by atoms with Crippen LogP contribution in [-0.4, -0.2) is 35.6 Å². The molecule has 2 N–H and O–H groups in total. The fourth-order valence-electron chi connectivity index (χ4n) is 2.10. The van der Waals surface area contributed by atoms with Gasteiger partial charge in [0.05, 0.1) is 7.18 Å². The van der Waals surface area contributed by atoms with Crippen LogP contribution in [0.15, 0.2) is 28.8 Å². The summed E-state index contributed by atoms with van der Waals surface area (Å²) in [5.74, 6) is 1.25. The van der Waals surface area contributed by atoms with Crippen molar-refractivity contribution < 1.29 is 18.7 Å². The van der Waals surface area contributed by atoms with E-state index < -0.39 is 6.29 Å². The number of anilines is 1. The lowest BCUT2D eigenvalue weighted by molar-refractivity contribution is -0.000227. The molecule has 0 aliphatic heterocycles. The predicted molar refractivity (Wildman–Crippen MR) is 92.4 cm³/mol. The molecular weight excluding hydrogens is 333 g/mol. The zero-order valence-electron chi connectivity index (χ0n) is 13.7. The van der Waals surface area contributed by atoms with Crippen LogP contribution in [0.25, 0.3) is 11.1 Å². The van der Waals surface area contributed by atoms with Crippen molar-refractivity contribution >= 4 is 27.6 Å². The molecular formula is C16H20FN3O3S. The highest BCUT2D eigenvalue weighted by molar-refractivity contribution is 7.15. The molecule has 2 aromatic heterocycles. The molecule has 0 aliphatic carbocycles. The Morgan fingerprint density at radius 3 is 2.83 bits per heavy atom. The minimum absolute atomic E-state index is 0.500. The number of nitrogens with zero attached hydrogens (tertiary/aromatic N) is 2. The van der Waals surface area contributed by atoms with E-state index in [2.05, 4.69) is 15.3 Å². The number of benzene rings is 1. The first-order valence-corrected chi connectivity index (χ1v) is 8.20. The molecule has 0 spiro atoms. The Morgan fingerprint density at radius 2 is 2.17 bits per heavy atom. The van der Waals surface area contributed by atoms with Crippen molar-refractivity contribution in [2.45, 2.75) is 26.1 Å². The summed E-state index contributed by atoms with van der Waals surface area (Å²) in [6.45, 7) is 1.56. The molecule has 0 saturated heterocycles. The second-order valence-corrected chi connectivity index (χ2v) is 5.95. The fourth-order valence-corrected chi connectivity index (χ4v) is 2.86. The molecule has 130 valence electrons. The van der Waals surface area contributed by atoms with E-state index in [1.165, 1.54) is 4.88 Å². The number of aliphatic hydroxyl groups is 1. The highest BCUT2D eigenvalue weighted by Crippen LogP contribution is 2.24. The van der Waals surface area contributed by atoms with Gasteiger partial charge in [0.25, 0.3) is 0 Å². The third-order valence-electron chi connectivity index (χ3n) is 3.06. The van der Waals surface area contributed by atoms with Gasteiger partial charge in [0.2, 0.25) is 0 Å². The van der Waals surface area contributed by atoms with Gasteiger partial charge in [0.15, 0.2) is 22.9 Å². The van der Waals surface area contributed by atoms with Crippen LogP contribution < -0.4 is 10.1 Å². The normalized spacial score (nSPS) is 11.7. The maximum atomic E-state index is 9.50. The summed E-state index contributed by atoms with van der Waals surface area (Å²) in [6, 6.07) is 5.33. The number of fused-ring (bicyclic) bond motifs is 1. The van der Waals surface area contributed by atoms with Gasteiger partial charge in [0.1, 0.15) is 11.3 Å². The van der Waals surface area contributed by atoms with Crippen molar-refractivity contribution in [3.05, 3.63) is 35.2 Å². The molecule has 0 radical (unpaired) electrons. The number of aromatic nitrogens is 2. The number of aryl methyl sites for hydroxylation is 2. The van der Waals surface area contributed by atoms with Gasteiger partial charge in [-0.1, -0.05) is 0 Å². The minimum atomic E-state index is -0.854. The zero-order chi connectivity index (χ0) is 17.5. The quantitative estimate of drug-likeness (QED) is 0.661. The van der Waals surface area contributed by atoms with E-state index in [1.54, 1.807) is 30.4 Å². The summed E-state index contributed by atoms with van der Waals surface area (Å²) in [4.78, 5) is 9.89. The van der Waals surface area contributed by atoms with Crippen molar-refractivity contribution in [3.8, 4) is 5.75 Å². The molecule has 0 fully saturated rings. The van der Waals surface area contributed by atoms with E-state index in [0.29, 0.717) is 30.8 Å². The Balaban J connectivity index is 0.00000100. The van der Waals surface area contributed by atoms with Crippen LogP contribution in [0.3, 0.4) is 0 Å². The molecule has 0 amide bonds. The van der Waals surface area contributed by atoms with Crippen molar-refractivity contribution in [2.75, 3.05) is 19.5 Å². The third-order valence-corrected chi connectivity index (χ3v) is 4.14. The largest absolute Gasteiger partial charge is 0.465 e. The molecule has 0 bridgehead atoms. The summed E-state index contributed by atoms with van der Waals surface area (Å²) in [7, 11) is 2.36. The van der Waals surface area contributed by atoms with Gasteiger partial charge in [-0.3, -0.25) is 4.39 Å². The van der Waals surface area contributed by atoms with Crippen LogP contribution in [0.4, 0.5) is 9.52 Å². The SMILES string of the molecule is CF.CNc1ncc(CCc2nc3ccc(OC(C)O)cc3o2)s1. The Morgan fingerprint density at radius 1 is 1.38 bits per heavy atom. The number of hydrogen-bond donors (Lipinski definition) is 2. The first kappa shape index (κ1) is 18.2. The lowest BCUT2D eigenvalue weighted by atomic mass is 10.3. The lowest BCUT2D eigenvalue weighted by Crippen LogP contribution is -2.09. The van der Waals surface area contributed by atoms with Gasteiger partial charge in [0, 0.05) is 30.6 Å². The minimum Gasteiger partial charge on any atom is -0.465 e. The number of thiazole rings is 1. The molecule has 1 atom stereocenters. The van der Waals surface area contributed by atoms with Crippen molar-refractivity contribution in [3.63, 3.8) is 0 Å². The van der Waals surface area contributed by atoms with Crippen LogP contribution >= 0.6 is 11.3 Å². The summed E-state index contributed by atoms with van der Waals surface area (Å²) < 4.78 is 20.5. The van der Waals surface area contributed by atoms with Crippen molar-refractivity contribution in [2.24, 2.45) is 0 Å². The van der Waals surface area contributed by atoms with Crippen molar-refractivity contribution in [1.29, 1.82) is 0 Å². The van der Waals surface area contributed by atoms with Crippen LogP contribution in [0.5, 0.6) is 5.75 Å². The fraction of sp³-hybridized carbons (Fsp3) is 0.375. The molecule has 8 heteroatoms. The van der Waals surface area contributed by atoms with E-state index >= 15 is 0 Å². The average molecular weight is 353 g/mol. The van der Waals surface area contributed by atoms with E-state index in [-0.39, 0.29) is 0 Å². The van der Waals surface area contributed by atoms with Gasteiger partial charge < -0.3 is 19.6 Å².